The Bertz CT molecular complexity index is 1110. The van der Waals surface area contributed by atoms with E-state index in [4.69, 9.17) is 14.2 Å². The van der Waals surface area contributed by atoms with Crippen molar-refractivity contribution in [3.8, 4) is 22.9 Å². The molecule has 0 saturated heterocycles. The number of aryl methyl sites for hydroxylation is 1. The normalized spacial score (nSPS) is 11.5. The number of benzene rings is 2. The molecule has 37 heavy (non-hydrogen) atoms. The van der Waals surface area contributed by atoms with Crippen molar-refractivity contribution < 1.29 is 23.8 Å². The maximum Gasteiger partial charge on any atom is 0.347 e. The quantitative estimate of drug-likeness (QED) is 0.139. The molecule has 3 aromatic rings. The molecule has 0 aliphatic rings. The van der Waals surface area contributed by atoms with E-state index in [2.05, 4.69) is 16.9 Å². The molecular weight excluding hydrogens is 468 g/mol. The summed E-state index contributed by atoms with van der Waals surface area (Å²) >= 11 is 0. The first-order valence-electron chi connectivity index (χ1n) is 13.1. The van der Waals surface area contributed by atoms with Crippen molar-refractivity contribution in [1.82, 2.24) is 9.97 Å². The zero-order valence-electron chi connectivity index (χ0n) is 21.9. The number of carbonyl (C=O) groups excluding carboxylic acids is 2. The molecule has 1 aromatic heterocycles. The van der Waals surface area contributed by atoms with Crippen molar-refractivity contribution in [3.05, 3.63) is 72.1 Å². The van der Waals surface area contributed by atoms with Gasteiger partial charge in [-0.05, 0) is 80.8 Å². The molecule has 1 heterocycles. The van der Waals surface area contributed by atoms with Gasteiger partial charge in [-0.15, -0.1) is 0 Å². The number of nitrogens with zero attached hydrogens (tertiary/aromatic N) is 2. The molecule has 0 radical (unpaired) electrons. The minimum Gasteiger partial charge on any atom is -0.479 e. The van der Waals surface area contributed by atoms with Crippen LogP contribution in [-0.4, -0.2) is 34.6 Å². The number of hydrogen-bond acceptors (Lipinski definition) is 7. The summed E-state index contributed by atoms with van der Waals surface area (Å²) in [7, 11) is 0. The number of aromatic nitrogens is 2. The number of carbonyl (C=O) groups is 2. The second-order valence-corrected chi connectivity index (χ2v) is 8.88. The lowest BCUT2D eigenvalue weighted by molar-refractivity contribution is -0.150. The summed E-state index contributed by atoms with van der Waals surface area (Å²) in [6, 6.07) is 13.5. The van der Waals surface area contributed by atoms with Crippen LogP contribution in [0.1, 0.15) is 75.2 Å². The topological polar surface area (TPSA) is 87.6 Å². The van der Waals surface area contributed by atoms with Gasteiger partial charge in [0.2, 0.25) is 0 Å². The van der Waals surface area contributed by atoms with Gasteiger partial charge >= 0.3 is 11.9 Å². The van der Waals surface area contributed by atoms with Crippen LogP contribution in [-0.2, 0) is 16.0 Å². The van der Waals surface area contributed by atoms with Crippen molar-refractivity contribution in [3.63, 3.8) is 0 Å². The Labute approximate surface area is 219 Å². The van der Waals surface area contributed by atoms with Crippen molar-refractivity contribution in [2.75, 3.05) is 6.61 Å². The summed E-state index contributed by atoms with van der Waals surface area (Å²) in [5.41, 5.74) is 2.36. The van der Waals surface area contributed by atoms with E-state index < -0.39 is 18.0 Å². The molecule has 0 fully saturated rings. The third kappa shape index (κ3) is 9.01. The average molecular weight is 505 g/mol. The Hall–Kier alpha value is -3.74. The Morgan fingerprint density at radius 2 is 1.43 bits per heavy atom. The minimum absolute atomic E-state index is 0.289. The molecule has 0 saturated carbocycles. The van der Waals surface area contributed by atoms with Crippen LogP contribution in [0, 0.1) is 0 Å². The lowest BCUT2D eigenvalue weighted by Crippen LogP contribution is -2.26. The predicted molar refractivity (Wildman–Crippen MR) is 143 cm³/mol. The Morgan fingerprint density at radius 3 is 2.08 bits per heavy atom. The maximum atomic E-state index is 12.5. The summed E-state index contributed by atoms with van der Waals surface area (Å²) in [5, 5.41) is 0. The Kier molecular flexibility index (Phi) is 11.1. The highest BCUT2D eigenvalue weighted by molar-refractivity contribution is 5.91. The first-order chi connectivity index (χ1) is 18.0. The zero-order valence-corrected chi connectivity index (χ0v) is 21.9. The number of hydrogen-bond donors (Lipinski definition) is 0. The number of ether oxygens (including phenoxy) is 3. The molecule has 0 N–H and O–H groups in total. The lowest BCUT2D eigenvalue weighted by atomic mass is 10.1. The van der Waals surface area contributed by atoms with Gasteiger partial charge in [0, 0.05) is 18.0 Å². The van der Waals surface area contributed by atoms with Crippen molar-refractivity contribution in [2.24, 2.45) is 0 Å². The molecule has 3 rings (SSSR count). The van der Waals surface area contributed by atoms with Gasteiger partial charge in [0.1, 0.15) is 11.5 Å². The second-order valence-electron chi connectivity index (χ2n) is 8.88. The molecule has 0 aliphatic heterocycles. The summed E-state index contributed by atoms with van der Waals surface area (Å²) in [6.07, 6.45) is 11.6. The standard InChI is InChI=1S/C30H36N2O5/c1-4-6-7-8-9-10-11-23-20-31-28(32-21-23)24-12-16-27(17-13-24)37-30(34)25-14-18-26(19-15-25)36-22(3)29(33)35-5-2/h12-22H,4-11H2,1-3H3/t22-/m1/s1. The van der Waals surface area contributed by atoms with E-state index in [-0.39, 0.29) is 6.61 Å². The van der Waals surface area contributed by atoms with Gasteiger partial charge in [-0.3, -0.25) is 0 Å². The SMILES string of the molecule is CCCCCCCCc1cnc(-c2ccc(OC(=O)c3ccc(O[C@H](C)C(=O)OCC)cc3)cc2)nc1. The van der Waals surface area contributed by atoms with E-state index in [0.29, 0.717) is 22.9 Å². The minimum atomic E-state index is -0.739. The molecule has 7 heteroatoms. The average Bonchev–Trinajstić information content (AvgIpc) is 2.92. The highest BCUT2D eigenvalue weighted by Crippen LogP contribution is 2.21. The molecule has 0 amide bonds. The molecule has 0 aliphatic carbocycles. The Morgan fingerprint density at radius 1 is 0.811 bits per heavy atom. The molecule has 7 nitrogen and oxygen atoms in total. The monoisotopic (exact) mass is 504 g/mol. The van der Waals surface area contributed by atoms with Crippen LogP contribution in [0.5, 0.6) is 11.5 Å². The highest BCUT2D eigenvalue weighted by atomic mass is 16.6. The van der Waals surface area contributed by atoms with E-state index in [0.717, 1.165) is 24.0 Å². The van der Waals surface area contributed by atoms with Gasteiger partial charge in [-0.25, -0.2) is 19.6 Å². The second kappa shape index (κ2) is 14.7. The summed E-state index contributed by atoms with van der Waals surface area (Å²) in [6.45, 7) is 5.87. The molecule has 2 aromatic carbocycles. The van der Waals surface area contributed by atoms with E-state index in [1.165, 1.54) is 32.1 Å². The first kappa shape index (κ1) is 27.8. The molecular formula is C30H36N2O5. The van der Waals surface area contributed by atoms with Crippen molar-refractivity contribution >= 4 is 11.9 Å². The summed E-state index contributed by atoms with van der Waals surface area (Å²) in [5.74, 6) is 0.582. The van der Waals surface area contributed by atoms with Crippen molar-refractivity contribution in [1.29, 1.82) is 0 Å². The van der Waals surface area contributed by atoms with Crippen LogP contribution in [0.2, 0.25) is 0 Å². The van der Waals surface area contributed by atoms with Crippen molar-refractivity contribution in [2.45, 2.75) is 71.8 Å². The van der Waals surface area contributed by atoms with E-state index in [1.807, 2.05) is 24.5 Å². The van der Waals surface area contributed by atoms with E-state index in [1.54, 1.807) is 50.2 Å². The highest BCUT2D eigenvalue weighted by Gasteiger charge is 2.16. The summed E-state index contributed by atoms with van der Waals surface area (Å²) < 4.78 is 16.0. The van der Waals surface area contributed by atoms with Crippen LogP contribution in [0.25, 0.3) is 11.4 Å². The smallest absolute Gasteiger partial charge is 0.347 e. The van der Waals surface area contributed by atoms with Gasteiger partial charge in [-0.1, -0.05) is 39.0 Å². The lowest BCUT2D eigenvalue weighted by Gasteiger charge is -2.13. The maximum absolute atomic E-state index is 12.5. The predicted octanol–water partition coefficient (Wildman–Crippen LogP) is 6.60. The largest absolute Gasteiger partial charge is 0.479 e. The van der Waals surface area contributed by atoms with Crippen LogP contribution in [0.4, 0.5) is 0 Å². The van der Waals surface area contributed by atoms with E-state index >= 15 is 0 Å². The third-order valence-electron chi connectivity index (χ3n) is 5.87. The van der Waals surface area contributed by atoms with E-state index in [9.17, 15) is 9.59 Å². The van der Waals surface area contributed by atoms with Crippen LogP contribution in [0.15, 0.2) is 60.9 Å². The van der Waals surface area contributed by atoms with Gasteiger partial charge in [0.05, 0.1) is 12.2 Å². The zero-order chi connectivity index (χ0) is 26.5. The number of unbranched alkanes of at least 4 members (excludes halogenated alkanes) is 5. The molecule has 0 unspecified atom stereocenters. The third-order valence-corrected chi connectivity index (χ3v) is 5.87. The van der Waals surface area contributed by atoms with Gasteiger partial charge < -0.3 is 14.2 Å². The summed E-state index contributed by atoms with van der Waals surface area (Å²) in [4.78, 5) is 33.2. The van der Waals surface area contributed by atoms with Crippen LogP contribution in [0.3, 0.4) is 0 Å². The Balaban J connectivity index is 1.49. The molecule has 0 bridgehead atoms. The molecule has 0 spiro atoms. The number of rotatable bonds is 14. The number of esters is 2. The molecule has 196 valence electrons. The molecule has 1 atom stereocenters. The fraction of sp³-hybridized carbons (Fsp3) is 0.400. The van der Waals surface area contributed by atoms with Gasteiger partial charge in [-0.2, -0.15) is 0 Å². The van der Waals surface area contributed by atoms with Crippen LogP contribution >= 0.6 is 0 Å². The van der Waals surface area contributed by atoms with Crippen LogP contribution < -0.4 is 9.47 Å². The first-order valence-corrected chi connectivity index (χ1v) is 13.1. The fourth-order valence-electron chi connectivity index (χ4n) is 3.76. The fourth-order valence-corrected chi connectivity index (χ4v) is 3.76. The van der Waals surface area contributed by atoms with Gasteiger partial charge in [0.15, 0.2) is 11.9 Å². The van der Waals surface area contributed by atoms with Gasteiger partial charge in [0.25, 0.3) is 0 Å².